The van der Waals surface area contributed by atoms with E-state index in [2.05, 4.69) is 65.1 Å². The van der Waals surface area contributed by atoms with E-state index in [-0.39, 0.29) is 0 Å². The smallest absolute Gasteiger partial charge is 0.114 e. The monoisotopic (exact) mass is 424 g/mol. The lowest BCUT2D eigenvalue weighted by atomic mass is 9.87. The topological polar surface area (TPSA) is 20.2 Å². The fourth-order valence-electron chi connectivity index (χ4n) is 3.60. The Balaban J connectivity index is 2.09. The number of rotatable bonds is 2. The molecule has 0 fully saturated rings. The van der Waals surface area contributed by atoms with Gasteiger partial charge in [-0.1, -0.05) is 66.7 Å². The van der Waals surface area contributed by atoms with Gasteiger partial charge in [0.2, 0.25) is 0 Å². The van der Waals surface area contributed by atoms with Crippen molar-refractivity contribution >= 4 is 33.7 Å². The molecule has 2 heteroatoms. The molecule has 3 aromatic rings. The average molecular weight is 424 g/mol. The number of hydrogen-bond acceptors (Lipinski definition) is 1. The maximum Gasteiger partial charge on any atom is 0.114 e. The summed E-state index contributed by atoms with van der Waals surface area (Å²) in [5, 5.41) is 11.4. The second-order valence-corrected chi connectivity index (χ2v) is 7.49. The van der Waals surface area contributed by atoms with Crippen molar-refractivity contribution in [2.24, 2.45) is 0 Å². The zero-order valence-electron chi connectivity index (χ0n) is 13.3. The first-order chi connectivity index (χ1) is 11.6. The molecule has 0 amide bonds. The fourth-order valence-corrected chi connectivity index (χ4v) is 4.09. The van der Waals surface area contributed by atoms with E-state index in [0.717, 1.165) is 33.4 Å². The predicted molar refractivity (Wildman–Crippen MR) is 108 cm³/mol. The van der Waals surface area contributed by atoms with Crippen LogP contribution < -0.4 is 0 Å². The van der Waals surface area contributed by atoms with Gasteiger partial charge in [-0.05, 0) is 69.5 Å². The molecule has 3 aromatic carbocycles. The lowest BCUT2D eigenvalue weighted by Crippen LogP contribution is -2.20. The van der Waals surface area contributed by atoms with Crippen LogP contribution in [0.15, 0.2) is 78.9 Å². The maximum atomic E-state index is 11.4. The van der Waals surface area contributed by atoms with Crippen LogP contribution in [0.25, 0.3) is 11.1 Å². The molecule has 0 radical (unpaired) electrons. The van der Waals surface area contributed by atoms with Crippen molar-refractivity contribution < 1.29 is 5.11 Å². The van der Waals surface area contributed by atoms with E-state index < -0.39 is 5.60 Å². The van der Waals surface area contributed by atoms with Gasteiger partial charge in [0, 0.05) is 9.14 Å². The Hall–Kier alpha value is -1.91. The van der Waals surface area contributed by atoms with Gasteiger partial charge < -0.3 is 5.11 Å². The Bertz CT molecular complexity index is 925. The molecular formula is C22H17IO. The number of aliphatic hydroxyl groups is 1. The lowest BCUT2D eigenvalue weighted by molar-refractivity contribution is 0.125. The number of hydrogen-bond donors (Lipinski definition) is 1. The summed E-state index contributed by atoms with van der Waals surface area (Å²) in [7, 11) is 0. The van der Waals surface area contributed by atoms with Crippen LogP contribution in [0, 0.1) is 3.57 Å². The van der Waals surface area contributed by atoms with Crippen molar-refractivity contribution in [3.63, 3.8) is 0 Å². The van der Waals surface area contributed by atoms with Crippen LogP contribution in [0.5, 0.6) is 0 Å². The van der Waals surface area contributed by atoms with Gasteiger partial charge in [-0.3, -0.25) is 0 Å². The molecule has 0 aliphatic heterocycles. The first kappa shape index (κ1) is 15.6. The van der Waals surface area contributed by atoms with Gasteiger partial charge in [-0.2, -0.15) is 0 Å². The van der Waals surface area contributed by atoms with Crippen LogP contribution in [-0.4, -0.2) is 5.11 Å². The molecule has 1 atom stereocenters. The van der Waals surface area contributed by atoms with Gasteiger partial charge in [-0.15, -0.1) is 0 Å². The molecule has 1 nitrogen and oxygen atoms in total. The van der Waals surface area contributed by atoms with E-state index in [0.29, 0.717) is 0 Å². The number of fused-ring (bicyclic) bond motifs is 1. The molecule has 0 heterocycles. The zero-order valence-corrected chi connectivity index (χ0v) is 15.5. The number of halogens is 1. The Morgan fingerprint density at radius 2 is 1.38 bits per heavy atom. The highest BCUT2D eigenvalue weighted by molar-refractivity contribution is 14.1. The summed E-state index contributed by atoms with van der Waals surface area (Å²) in [6, 6.07) is 26.8. The minimum absolute atomic E-state index is 0.973. The average Bonchev–Trinajstić information content (AvgIpc) is 2.83. The molecule has 0 bridgehead atoms. The van der Waals surface area contributed by atoms with Crippen molar-refractivity contribution in [2.45, 2.75) is 12.5 Å². The summed E-state index contributed by atoms with van der Waals surface area (Å²) in [6.45, 7) is 1.90. The summed E-state index contributed by atoms with van der Waals surface area (Å²) in [6.07, 6.45) is 0. The van der Waals surface area contributed by atoms with Crippen molar-refractivity contribution in [2.75, 3.05) is 0 Å². The van der Waals surface area contributed by atoms with Gasteiger partial charge in [-0.25, -0.2) is 0 Å². The number of benzene rings is 3. The van der Waals surface area contributed by atoms with E-state index in [1.807, 2.05) is 43.3 Å². The molecule has 4 rings (SSSR count). The molecule has 1 aliphatic rings. The van der Waals surface area contributed by atoms with Crippen molar-refractivity contribution in [1.82, 2.24) is 0 Å². The summed E-state index contributed by atoms with van der Waals surface area (Å²) < 4.78 is 1.17. The van der Waals surface area contributed by atoms with E-state index in [4.69, 9.17) is 0 Å². The van der Waals surface area contributed by atoms with Crippen LogP contribution in [-0.2, 0) is 5.60 Å². The fraction of sp³-hybridized carbons (Fsp3) is 0.0909. The zero-order chi connectivity index (χ0) is 16.7. The van der Waals surface area contributed by atoms with Crippen molar-refractivity contribution in [1.29, 1.82) is 0 Å². The van der Waals surface area contributed by atoms with E-state index >= 15 is 0 Å². The summed E-state index contributed by atoms with van der Waals surface area (Å²) in [4.78, 5) is 0. The largest absolute Gasteiger partial charge is 0.381 e. The van der Waals surface area contributed by atoms with E-state index in [1.165, 1.54) is 3.57 Å². The molecule has 118 valence electrons. The normalized spacial score (nSPS) is 19.5. The standard InChI is InChI=1S/C22H17IO/c1-22(24)19-13-12-17(23)14-18(19)20(15-8-4-2-5-9-15)21(22)16-10-6-3-7-11-16/h2-14,24H,1H3. The SMILES string of the molecule is CC1(O)C(c2ccccc2)=C(c2ccccc2)c2cc(I)ccc21. The van der Waals surface area contributed by atoms with E-state index in [1.54, 1.807) is 0 Å². The predicted octanol–water partition coefficient (Wildman–Crippen LogP) is 5.47. The van der Waals surface area contributed by atoms with Crippen LogP contribution >= 0.6 is 22.6 Å². The molecule has 0 saturated carbocycles. The van der Waals surface area contributed by atoms with Gasteiger partial charge in [0.1, 0.15) is 5.60 Å². The van der Waals surface area contributed by atoms with Crippen LogP contribution in [0.4, 0.5) is 0 Å². The molecule has 24 heavy (non-hydrogen) atoms. The molecule has 0 aromatic heterocycles. The van der Waals surface area contributed by atoms with Crippen LogP contribution in [0.1, 0.15) is 29.2 Å². The highest BCUT2D eigenvalue weighted by Gasteiger charge is 2.40. The highest BCUT2D eigenvalue weighted by atomic mass is 127. The second-order valence-electron chi connectivity index (χ2n) is 6.24. The third-order valence-corrected chi connectivity index (χ3v) is 5.31. The Morgan fingerprint density at radius 1 is 0.792 bits per heavy atom. The molecule has 1 aliphatic carbocycles. The quantitative estimate of drug-likeness (QED) is 0.541. The minimum atomic E-state index is -1.01. The van der Waals surface area contributed by atoms with Crippen molar-refractivity contribution in [3.8, 4) is 0 Å². The molecular weight excluding hydrogens is 407 g/mol. The maximum absolute atomic E-state index is 11.4. The first-order valence-corrected chi connectivity index (χ1v) is 9.05. The van der Waals surface area contributed by atoms with E-state index in [9.17, 15) is 5.11 Å². The third kappa shape index (κ3) is 2.41. The Kier molecular flexibility index (Phi) is 3.82. The highest BCUT2D eigenvalue weighted by Crippen LogP contribution is 2.51. The minimum Gasteiger partial charge on any atom is -0.381 e. The van der Waals surface area contributed by atoms with Gasteiger partial charge in [0.15, 0.2) is 0 Å². The Morgan fingerprint density at radius 3 is 2.00 bits per heavy atom. The van der Waals surface area contributed by atoms with Crippen LogP contribution in [0.3, 0.4) is 0 Å². The second kappa shape index (κ2) is 5.87. The molecule has 0 spiro atoms. The van der Waals surface area contributed by atoms with Gasteiger partial charge in [0.05, 0.1) is 0 Å². The molecule has 1 N–H and O–H groups in total. The Labute approximate surface area is 155 Å². The van der Waals surface area contributed by atoms with Gasteiger partial charge >= 0.3 is 0 Å². The summed E-state index contributed by atoms with van der Waals surface area (Å²) in [5.41, 5.74) is 5.39. The first-order valence-electron chi connectivity index (χ1n) is 7.97. The summed E-state index contributed by atoms with van der Waals surface area (Å²) in [5.74, 6) is 0. The third-order valence-electron chi connectivity index (χ3n) is 4.64. The molecule has 1 unspecified atom stereocenters. The summed E-state index contributed by atoms with van der Waals surface area (Å²) >= 11 is 2.33. The molecule has 0 saturated heterocycles. The van der Waals surface area contributed by atoms with Crippen molar-refractivity contribution in [3.05, 3.63) is 105 Å². The van der Waals surface area contributed by atoms with Gasteiger partial charge in [0.25, 0.3) is 0 Å². The van der Waals surface area contributed by atoms with Crippen LogP contribution in [0.2, 0.25) is 0 Å². The lowest BCUT2D eigenvalue weighted by Gasteiger charge is -2.24.